The van der Waals surface area contributed by atoms with Crippen molar-refractivity contribution in [2.75, 3.05) is 35.2 Å². The topological polar surface area (TPSA) is 162 Å². The van der Waals surface area contributed by atoms with Crippen molar-refractivity contribution in [3.63, 3.8) is 0 Å². The minimum Gasteiger partial charge on any atom is -0.397 e. The van der Waals surface area contributed by atoms with Gasteiger partial charge < -0.3 is 22.1 Å². The minimum atomic E-state index is -0.518. The van der Waals surface area contributed by atoms with E-state index in [9.17, 15) is 20.2 Å². The monoisotopic (exact) mass is 332 g/mol. The molecule has 1 aliphatic rings. The van der Waals surface area contributed by atoms with Crippen LogP contribution in [0.25, 0.3) is 0 Å². The standard InChI is InChI=1S/C8H9N3O2.C6H7N3O2/c12-11(13)6-1-2-7-8(5-6)10-4-3-9-7;7-5-2-1-4(9(10)11)3-6(5)8/h1-2,5,9-10H,3-4H2;1-3H,7-8H2. The molecule has 6 N–H and O–H groups in total. The van der Waals surface area contributed by atoms with E-state index in [2.05, 4.69) is 10.6 Å². The number of fused-ring (bicyclic) bond motifs is 1. The third kappa shape index (κ3) is 4.00. The summed E-state index contributed by atoms with van der Waals surface area (Å²) in [5, 5.41) is 26.9. The number of nitrogens with one attached hydrogen (secondary N) is 2. The van der Waals surface area contributed by atoms with Crippen LogP contribution in [0.3, 0.4) is 0 Å². The average molecular weight is 332 g/mol. The maximum atomic E-state index is 10.4. The van der Waals surface area contributed by atoms with Gasteiger partial charge in [0.1, 0.15) is 0 Å². The van der Waals surface area contributed by atoms with Crippen LogP contribution < -0.4 is 22.1 Å². The number of nitrogens with zero attached hydrogens (tertiary/aromatic N) is 2. The first-order valence-electron chi connectivity index (χ1n) is 6.94. The highest BCUT2D eigenvalue weighted by molar-refractivity contribution is 5.73. The van der Waals surface area contributed by atoms with Crippen LogP contribution in [-0.2, 0) is 0 Å². The summed E-state index contributed by atoms with van der Waals surface area (Å²) in [6.45, 7) is 1.65. The molecule has 3 rings (SSSR count). The zero-order valence-corrected chi connectivity index (χ0v) is 12.6. The van der Waals surface area contributed by atoms with E-state index in [1.54, 1.807) is 12.1 Å². The van der Waals surface area contributed by atoms with Crippen LogP contribution in [0.2, 0.25) is 0 Å². The molecule has 10 nitrogen and oxygen atoms in total. The third-order valence-electron chi connectivity index (χ3n) is 3.25. The quantitative estimate of drug-likeness (QED) is 0.369. The average Bonchev–Trinajstić information content (AvgIpc) is 2.57. The molecular weight excluding hydrogens is 316 g/mol. The Kier molecular flexibility index (Phi) is 5.00. The van der Waals surface area contributed by atoms with Gasteiger partial charge in [-0.1, -0.05) is 0 Å². The van der Waals surface area contributed by atoms with E-state index in [4.69, 9.17) is 11.5 Å². The summed E-state index contributed by atoms with van der Waals surface area (Å²) in [6, 6.07) is 8.72. The summed E-state index contributed by atoms with van der Waals surface area (Å²) >= 11 is 0. The summed E-state index contributed by atoms with van der Waals surface area (Å²) in [6.07, 6.45) is 0. The van der Waals surface area contributed by atoms with E-state index in [-0.39, 0.29) is 17.1 Å². The van der Waals surface area contributed by atoms with Crippen LogP contribution in [-0.4, -0.2) is 22.9 Å². The number of hydrogen-bond acceptors (Lipinski definition) is 8. The van der Waals surface area contributed by atoms with Crippen molar-refractivity contribution in [3.8, 4) is 0 Å². The van der Waals surface area contributed by atoms with Crippen molar-refractivity contribution < 1.29 is 9.85 Å². The molecule has 0 aliphatic carbocycles. The summed E-state index contributed by atoms with van der Waals surface area (Å²) < 4.78 is 0. The van der Waals surface area contributed by atoms with Gasteiger partial charge in [-0.3, -0.25) is 20.2 Å². The molecule has 0 atom stereocenters. The first-order valence-corrected chi connectivity index (χ1v) is 6.94. The van der Waals surface area contributed by atoms with Crippen LogP contribution in [0.5, 0.6) is 0 Å². The molecule has 10 heteroatoms. The highest BCUT2D eigenvalue weighted by Gasteiger charge is 2.12. The number of nitro groups is 2. The summed E-state index contributed by atoms with van der Waals surface area (Å²) in [4.78, 5) is 19.7. The lowest BCUT2D eigenvalue weighted by molar-refractivity contribution is -0.385. The number of anilines is 4. The molecular formula is C14H16N6O4. The second-order valence-electron chi connectivity index (χ2n) is 4.91. The molecule has 0 saturated heterocycles. The number of nitrogens with two attached hydrogens (primary N) is 2. The molecule has 2 aromatic rings. The Hall–Kier alpha value is -3.56. The second kappa shape index (κ2) is 7.13. The molecule has 2 aromatic carbocycles. The van der Waals surface area contributed by atoms with Crippen molar-refractivity contribution in [1.29, 1.82) is 0 Å². The van der Waals surface area contributed by atoms with E-state index in [0.717, 1.165) is 24.5 Å². The third-order valence-corrected chi connectivity index (χ3v) is 3.25. The molecule has 0 spiro atoms. The smallest absolute Gasteiger partial charge is 0.271 e. The van der Waals surface area contributed by atoms with E-state index >= 15 is 0 Å². The van der Waals surface area contributed by atoms with Crippen molar-refractivity contribution in [2.24, 2.45) is 0 Å². The largest absolute Gasteiger partial charge is 0.397 e. The summed E-state index contributed by atoms with van der Waals surface area (Å²) in [5.74, 6) is 0. The number of nitro benzene ring substituents is 2. The molecule has 0 fully saturated rings. The zero-order chi connectivity index (χ0) is 17.7. The number of hydrogen-bond donors (Lipinski definition) is 4. The van der Waals surface area contributed by atoms with Gasteiger partial charge in [0.05, 0.1) is 32.6 Å². The Morgan fingerprint density at radius 3 is 1.92 bits per heavy atom. The maximum Gasteiger partial charge on any atom is 0.271 e. The molecule has 0 saturated carbocycles. The Morgan fingerprint density at radius 2 is 1.33 bits per heavy atom. The number of nitrogen functional groups attached to an aromatic ring is 2. The fraction of sp³-hybridized carbons (Fsp3) is 0.143. The van der Waals surface area contributed by atoms with E-state index in [0.29, 0.717) is 5.69 Å². The fourth-order valence-corrected chi connectivity index (χ4v) is 2.02. The SMILES string of the molecule is Nc1ccc([N+](=O)[O-])cc1N.O=[N+]([O-])c1ccc2c(c1)NCCN2. The van der Waals surface area contributed by atoms with Crippen molar-refractivity contribution in [1.82, 2.24) is 0 Å². The Morgan fingerprint density at radius 1 is 0.792 bits per heavy atom. The highest BCUT2D eigenvalue weighted by atomic mass is 16.6. The lowest BCUT2D eigenvalue weighted by Crippen LogP contribution is -2.20. The zero-order valence-electron chi connectivity index (χ0n) is 12.6. The Balaban J connectivity index is 0.000000177. The highest BCUT2D eigenvalue weighted by Crippen LogP contribution is 2.28. The molecule has 0 aromatic heterocycles. The molecule has 126 valence electrons. The van der Waals surface area contributed by atoms with Gasteiger partial charge >= 0.3 is 0 Å². The van der Waals surface area contributed by atoms with Gasteiger partial charge in [0.15, 0.2) is 0 Å². The normalized spacial score (nSPS) is 11.8. The van der Waals surface area contributed by atoms with Crippen molar-refractivity contribution in [3.05, 3.63) is 56.6 Å². The van der Waals surface area contributed by atoms with E-state index in [1.165, 1.54) is 24.3 Å². The number of rotatable bonds is 2. The van der Waals surface area contributed by atoms with Crippen LogP contribution in [0.4, 0.5) is 34.1 Å². The maximum absolute atomic E-state index is 10.4. The van der Waals surface area contributed by atoms with E-state index < -0.39 is 9.85 Å². The molecule has 0 unspecified atom stereocenters. The van der Waals surface area contributed by atoms with Crippen LogP contribution in [0, 0.1) is 20.2 Å². The van der Waals surface area contributed by atoms with Gasteiger partial charge in [-0.05, 0) is 12.1 Å². The van der Waals surface area contributed by atoms with Crippen LogP contribution in [0.1, 0.15) is 0 Å². The van der Waals surface area contributed by atoms with Gasteiger partial charge in [-0.15, -0.1) is 0 Å². The minimum absolute atomic E-state index is 0.0447. The Bertz CT molecular complexity index is 780. The number of benzene rings is 2. The molecule has 24 heavy (non-hydrogen) atoms. The predicted octanol–water partition coefficient (Wildman–Crippen LogP) is 2.19. The van der Waals surface area contributed by atoms with Crippen LogP contribution in [0.15, 0.2) is 36.4 Å². The summed E-state index contributed by atoms with van der Waals surface area (Å²) in [5.41, 5.74) is 13.1. The van der Waals surface area contributed by atoms with Gasteiger partial charge in [0, 0.05) is 37.4 Å². The fourth-order valence-electron chi connectivity index (χ4n) is 2.02. The molecule has 0 radical (unpaired) electrons. The summed E-state index contributed by atoms with van der Waals surface area (Å²) in [7, 11) is 0. The predicted molar refractivity (Wildman–Crippen MR) is 92.0 cm³/mol. The van der Waals surface area contributed by atoms with Gasteiger partial charge in [0.25, 0.3) is 11.4 Å². The lowest BCUT2D eigenvalue weighted by Gasteiger charge is -2.18. The lowest BCUT2D eigenvalue weighted by atomic mass is 10.2. The molecule has 0 amide bonds. The molecule has 0 bridgehead atoms. The van der Waals surface area contributed by atoms with Gasteiger partial charge in [0.2, 0.25) is 0 Å². The van der Waals surface area contributed by atoms with Crippen molar-refractivity contribution >= 4 is 34.1 Å². The van der Waals surface area contributed by atoms with Crippen LogP contribution >= 0.6 is 0 Å². The second-order valence-corrected chi connectivity index (χ2v) is 4.91. The van der Waals surface area contributed by atoms with Gasteiger partial charge in [-0.2, -0.15) is 0 Å². The molecule has 1 heterocycles. The van der Waals surface area contributed by atoms with Gasteiger partial charge in [-0.25, -0.2) is 0 Å². The first-order chi connectivity index (χ1) is 11.4. The Labute approximate surface area is 136 Å². The molecule has 1 aliphatic heterocycles. The van der Waals surface area contributed by atoms with E-state index in [1.807, 2.05) is 0 Å². The number of non-ortho nitro benzene ring substituents is 2. The first kappa shape index (κ1) is 16.8. The van der Waals surface area contributed by atoms with Crippen molar-refractivity contribution in [2.45, 2.75) is 0 Å².